The Labute approximate surface area is 161 Å². The van der Waals surface area contributed by atoms with Crippen molar-refractivity contribution >= 4 is 11.6 Å². The summed E-state index contributed by atoms with van der Waals surface area (Å²) in [6.45, 7) is 3.56. The SMILES string of the molecule is O=C(CCC1CCNC1)N1CCCc2cc(OCc3ccccc3)ccc21. The van der Waals surface area contributed by atoms with E-state index in [1.165, 1.54) is 12.0 Å². The summed E-state index contributed by atoms with van der Waals surface area (Å²) < 4.78 is 5.96. The van der Waals surface area contributed by atoms with Gasteiger partial charge in [-0.3, -0.25) is 4.79 Å². The molecule has 142 valence electrons. The molecule has 4 nitrogen and oxygen atoms in total. The fourth-order valence-electron chi connectivity index (χ4n) is 4.09. The van der Waals surface area contributed by atoms with E-state index in [2.05, 4.69) is 29.6 Å². The van der Waals surface area contributed by atoms with Crippen LogP contribution < -0.4 is 15.0 Å². The molecular formula is C23H28N2O2. The van der Waals surface area contributed by atoms with E-state index >= 15 is 0 Å². The molecule has 1 amide bonds. The highest BCUT2D eigenvalue weighted by atomic mass is 16.5. The second-order valence-corrected chi connectivity index (χ2v) is 7.61. The number of ether oxygens (including phenoxy) is 1. The minimum Gasteiger partial charge on any atom is -0.489 e. The van der Waals surface area contributed by atoms with Gasteiger partial charge in [-0.25, -0.2) is 0 Å². The van der Waals surface area contributed by atoms with Gasteiger partial charge >= 0.3 is 0 Å². The normalized spacial score (nSPS) is 19.0. The second-order valence-electron chi connectivity index (χ2n) is 7.61. The molecule has 1 fully saturated rings. The standard InChI is InChI=1S/C23H28N2O2/c26-23(11-8-18-12-13-24-16-18)25-14-4-7-20-15-21(9-10-22(20)25)27-17-19-5-2-1-3-6-19/h1-3,5-6,9-10,15,18,24H,4,7-8,11-14,16-17H2. The molecule has 1 saturated heterocycles. The molecule has 1 atom stereocenters. The number of nitrogens with zero attached hydrogens (tertiary/aromatic N) is 1. The Morgan fingerprint density at radius 2 is 2.07 bits per heavy atom. The van der Waals surface area contributed by atoms with Crippen LogP contribution in [0.5, 0.6) is 5.75 Å². The van der Waals surface area contributed by atoms with Crippen molar-refractivity contribution < 1.29 is 9.53 Å². The van der Waals surface area contributed by atoms with Crippen molar-refractivity contribution in [1.82, 2.24) is 5.32 Å². The van der Waals surface area contributed by atoms with Crippen LogP contribution in [0.3, 0.4) is 0 Å². The summed E-state index contributed by atoms with van der Waals surface area (Å²) >= 11 is 0. The fourth-order valence-corrected chi connectivity index (χ4v) is 4.09. The van der Waals surface area contributed by atoms with Gasteiger partial charge in [-0.1, -0.05) is 30.3 Å². The first-order chi connectivity index (χ1) is 13.3. The van der Waals surface area contributed by atoms with Gasteiger partial charge in [0.2, 0.25) is 5.91 Å². The van der Waals surface area contributed by atoms with E-state index in [1.54, 1.807) is 0 Å². The Morgan fingerprint density at radius 1 is 1.19 bits per heavy atom. The molecule has 27 heavy (non-hydrogen) atoms. The van der Waals surface area contributed by atoms with Crippen molar-refractivity contribution in [2.24, 2.45) is 5.92 Å². The quantitative estimate of drug-likeness (QED) is 0.844. The van der Waals surface area contributed by atoms with Crippen molar-refractivity contribution in [1.29, 1.82) is 0 Å². The van der Waals surface area contributed by atoms with Crippen molar-refractivity contribution in [3.8, 4) is 5.75 Å². The zero-order valence-corrected chi connectivity index (χ0v) is 15.8. The zero-order valence-electron chi connectivity index (χ0n) is 15.8. The first kappa shape index (κ1) is 18.1. The molecule has 0 spiro atoms. The lowest BCUT2D eigenvalue weighted by Crippen LogP contribution is -2.35. The lowest BCUT2D eigenvalue weighted by Gasteiger charge is -2.30. The summed E-state index contributed by atoms with van der Waals surface area (Å²) in [5, 5.41) is 3.38. The van der Waals surface area contributed by atoms with Gasteiger partial charge in [0, 0.05) is 18.7 Å². The van der Waals surface area contributed by atoms with Crippen molar-refractivity contribution in [3.05, 3.63) is 59.7 Å². The molecule has 0 bridgehead atoms. The van der Waals surface area contributed by atoms with Gasteiger partial charge in [0.1, 0.15) is 12.4 Å². The minimum atomic E-state index is 0.265. The Hall–Kier alpha value is -2.33. The molecule has 0 radical (unpaired) electrons. The Morgan fingerprint density at radius 3 is 2.89 bits per heavy atom. The van der Waals surface area contributed by atoms with Crippen LogP contribution in [-0.4, -0.2) is 25.5 Å². The molecule has 2 heterocycles. The molecular weight excluding hydrogens is 336 g/mol. The predicted molar refractivity (Wildman–Crippen MR) is 108 cm³/mol. The first-order valence-corrected chi connectivity index (χ1v) is 10.1. The molecule has 2 aromatic carbocycles. The number of aryl methyl sites for hydroxylation is 1. The molecule has 0 aromatic heterocycles. The molecule has 4 heteroatoms. The van der Waals surface area contributed by atoms with Gasteiger partial charge in [0.25, 0.3) is 0 Å². The van der Waals surface area contributed by atoms with E-state index in [0.29, 0.717) is 18.9 Å². The molecule has 1 N–H and O–H groups in total. The number of benzene rings is 2. The Balaban J connectivity index is 1.39. The van der Waals surface area contributed by atoms with Crippen LogP contribution in [0.25, 0.3) is 0 Å². The number of carbonyl (C=O) groups excluding carboxylic acids is 1. The molecule has 4 rings (SSSR count). The van der Waals surface area contributed by atoms with Crippen LogP contribution in [0.4, 0.5) is 5.69 Å². The third kappa shape index (κ3) is 4.51. The number of anilines is 1. The number of hydrogen-bond acceptors (Lipinski definition) is 3. The summed E-state index contributed by atoms with van der Waals surface area (Å²) in [4.78, 5) is 14.8. The summed E-state index contributed by atoms with van der Waals surface area (Å²) in [5.74, 6) is 1.80. The lowest BCUT2D eigenvalue weighted by atomic mass is 9.99. The highest BCUT2D eigenvalue weighted by Crippen LogP contribution is 2.31. The van der Waals surface area contributed by atoms with Crippen LogP contribution in [-0.2, 0) is 17.8 Å². The zero-order chi connectivity index (χ0) is 18.5. The molecule has 0 aliphatic carbocycles. The van der Waals surface area contributed by atoms with Crippen molar-refractivity contribution in [2.45, 2.75) is 38.7 Å². The van der Waals surface area contributed by atoms with Crippen LogP contribution in [0.15, 0.2) is 48.5 Å². The van der Waals surface area contributed by atoms with Gasteiger partial charge < -0.3 is 15.0 Å². The third-order valence-electron chi connectivity index (χ3n) is 5.65. The van der Waals surface area contributed by atoms with E-state index in [0.717, 1.165) is 55.9 Å². The van der Waals surface area contributed by atoms with Gasteiger partial charge in [-0.05, 0) is 74.0 Å². The summed E-state index contributed by atoms with van der Waals surface area (Å²) in [6.07, 6.45) is 4.88. The topological polar surface area (TPSA) is 41.6 Å². The molecule has 2 aliphatic rings. The highest BCUT2D eigenvalue weighted by Gasteiger charge is 2.24. The highest BCUT2D eigenvalue weighted by molar-refractivity contribution is 5.94. The third-order valence-corrected chi connectivity index (χ3v) is 5.65. The average Bonchev–Trinajstić information content (AvgIpc) is 3.24. The van der Waals surface area contributed by atoms with E-state index in [9.17, 15) is 4.79 Å². The number of nitrogens with one attached hydrogen (secondary N) is 1. The van der Waals surface area contributed by atoms with Crippen molar-refractivity contribution in [3.63, 3.8) is 0 Å². The fraction of sp³-hybridized carbons (Fsp3) is 0.435. The first-order valence-electron chi connectivity index (χ1n) is 10.1. The smallest absolute Gasteiger partial charge is 0.226 e. The largest absolute Gasteiger partial charge is 0.489 e. The average molecular weight is 364 g/mol. The maximum Gasteiger partial charge on any atom is 0.226 e. The monoisotopic (exact) mass is 364 g/mol. The van der Waals surface area contributed by atoms with Crippen molar-refractivity contribution in [2.75, 3.05) is 24.5 Å². The van der Waals surface area contributed by atoms with Crippen LogP contribution in [0.1, 0.15) is 36.8 Å². The molecule has 0 saturated carbocycles. The molecule has 2 aliphatic heterocycles. The van der Waals surface area contributed by atoms with Crippen LogP contribution >= 0.6 is 0 Å². The van der Waals surface area contributed by atoms with E-state index in [-0.39, 0.29) is 5.91 Å². The van der Waals surface area contributed by atoms with E-state index < -0.39 is 0 Å². The number of rotatable bonds is 6. The number of amides is 1. The number of hydrogen-bond donors (Lipinski definition) is 1. The number of carbonyl (C=O) groups is 1. The predicted octanol–water partition coefficient (Wildman–Crippen LogP) is 3.93. The van der Waals surface area contributed by atoms with Gasteiger partial charge in [-0.2, -0.15) is 0 Å². The lowest BCUT2D eigenvalue weighted by molar-refractivity contribution is -0.119. The maximum atomic E-state index is 12.8. The van der Waals surface area contributed by atoms with E-state index in [4.69, 9.17) is 4.74 Å². The summed E-state index contributed by atoms with van der Waals surface area (Å²) in [5.41, 5.74) is 3.46. The van der Waals surface area contributed by atoms with Crippen LogP contribution in [0.2, 0.25) is 0 Å². The minimum absolute atomic E-state index is 0.265. The van der Waals surface area contributed by atoms with Gasteiger partial charge in [0.05, 0.1) is 0 Å². The molecule has 2 aromatic rings. The Kier molecular flexibility index (Phi) is 5.73. The van der Waals surface area contributed by atoms with E-state index in [1.807, 2.05) is 29.2 Å². The second kappa shape index (κ2) is 8.57. The summed E-state index contributed by atoms with van der Waals surface area (Å²) in [7, 11) is 0. The Bertz CT molecular complexity index is 769. The number of fused-ring (bicyclic) bond motifs is 1. The van der Waals surface area contributed by atoms with Crippen LogP contribution in [0, 0.1) is 5.92 Å². The maximum absolute atomic E-state index is 12.8. The molecule has 1 unspecified atom stereocenters. The van der Waals surface area contributed by atoms with Gasteiger partial charge in [-0.15, -0.1) is 0 Å². The van der Waals surface area contributed by atoms with Gasteiger partial charge in [0.15, 0.2) is 0 Å². The summed E-state index contributed by atoms with van der Waals surface area (Å²) in [6, 6.07) is 16.4.